The zero-order valence-corrected chi connectivity index (χ0v) is 20.5. The molecule has 34 heavy (non-hydrogen) atoms. The maximum absolute atomic E-state index is 13.6. The Morgan fingerprint density at radius 2 is 1.62 bits per heavy atom. The summed E-state index contributed by atoms with van der Waals surface area (Å²) in [6.07, 6.45) is -5.15. The summed E-state index contributed by atoms with van der Waals surface area (Å²) >= 11 is 6.08. The number of hydrogen-bond donors (Lipinski definition) is 3. The molecule has 7 nitrogen and oxygen atoms in total. The van der Waals surface area contributed by atoms with Crippen LogP contribution in [0.3, 0.4) is 0 Å². The molecule has 2 aromatic rings. The number of benzene rings is 2. The first-order valence-corrected chi connectivity index (χ1v) is 12.3. The van der Waals surface area contributed by atoms with E-state index in [2.05, 4.69) is 0 Å². The van der Waals surface area contributed by atoms with E-state index in [9.17, 15) is 27.1 Å². The molecule has 1 aliphatic rings. The molecule has 0 aromatic heterocycles. The number of ether oxygens (including phenoxy) is 1. The number of amides is 1. The van der Waals surface area contributed by atoms with Gasteiger partial charge in [-0.25, -0.2) is 4.79 Å². The van der Waals surface area contributed by atoms with Crippen molar-refractivity contribution >= 4 is 34.2 Å². The second-order valence-electron chi connectivity index (χ2n) is 8.86. The molecule has 0 bridgehead atoms. The van der Waals surface area contributed by atoms with Crippen LogP contribution in [0.4, 0.5) is 23.7 Å². The number of carbonyl (C=O) groups is 1. The molecule has 0 aliphatic carbocycles. The predicted molar refractivity (Wildman–Crippen MR) is 127 cm³/mol. The van der Waals surface area contributed by atoms with E-state index in [0.717, 1.165) is 6.07 Å². The van der Waals surface area contributed by atoms with Gasteiger partial charge >= 0.3 is 12.3 Å². The highest BCUT2D eigenvalue weighted by Crippen LogP contribution is 2.52. The van der Waals surface area contributed by atoms with Crippen molar-refractivity contribution in [1.82, 2.24) is 9.21 Å². The molecule has 4 N–H and O–H groups in total. The lowest BCUT2D eigenvalue weighted by Crippen LogP contribution is -2.50. The van der Waals surface area contributed by atoms with Gasteiger partial charge in [0, 0.05) is 37.4 Å². The second kappa shape index (κ2) is 9.46. The van der Waals surface area contributed by atoms with Crippen molar-refractivity contribution < 1.29 is 31.8 Å². The molecule has 0 radical (unpaired) electrons. The smallest absolute Gasteiger partial charge is 0.417 e. The third-order valence-corrected chi connectivity index (χ3v) is 7.42. The maximum Gasteiger partial charge on any atom is 0.417 e. The van der Waals surface area contributed by atoms with Crippen LogP contribution in [0, 0.1) is 0 Å². The number of anilines is 1. The average Bonchev–Trinajstić information content (AvgIpc) is 2.71. The summed E-state index contributed by atoms with van der Waals surface area (Å²) in [5.74, 6) is 0. The molecule has 1 fully saturated rings. The molecule has 1 heterocycles. The highest BCUT2D eigenvalue weighted by molar-refractivity contribution is 8.22. The van der Waals surface area contributed by atoms with Crippen molar-refractivity contribution in [2.75, 3.05) is 31.9 Å². The number of piperazine rings is 1. The Morgan fingerprint density at radius 1 is 1.06 bits per heavy atom. The van der Waals surface area contributed by atoms with Gasteiger partial charge in [0.25, 0.3) is 0 Å². The lowest BCUT2D eigenvalue weighted by molar-refractivity contribution is -0.137. The molecule has 0 spiro atoms. The molecular weight excluding hydrogens is 495 g/mol. The van der Waals surface area contributed by atoms with E-state index < -0.39 is 34.2 Å². The van der Waals surface area contributed by atoms with Gasteiger partial charge < -0.3 is 15.4 Å². The number of rotatable bonds is 3. The predicted octanol–water partition coefficient (Wildman–Crippen LogP) is 6.19. The summed E-state index contributed by atoms with van der Waals surface area (Å²) in [6, 6.07) is 7.47. The van der Waals surface area contributed by atoms with Crippen LogP contribution in [0.15, 0.2) is 41.3 Å². The molecule has 2 aromatic carbocycles. The van der Waals surface area contributed by atoms with Gasteiger partial charge in [0.05, 0.1) is 15.5 Å². The van der Waals surface area contributed by atoms with Crippen LogP contribution in [-0.4, -0.2) is 56.2 Å². The van der Waals surface area contributed by atoms with Crippen LogP contribution in [0.1, 0.15) is 26.3 Å². The lowest BCUT2D eigenvalue weighted by Gasteiger charge is -2.46. The fourth-order valence-electron chi connectivity index (χ4n) is 3.55. The number of nitrogens with two attached hydrogens (primary N) is 1. The molecular formula is C22H27ClF3N3O4S. The van der Waals surface area contributed by atoms with Crippen molar-refractivity contribution in [1.29, 1.82) is 0 Å². The molecule has 0 saturated carbocycles. The Morgan fingerprint density at radius 3 is 2.12 bits per heavy atom. The molecule has 0 atom stereocenters. The topological polar surface area (TPSA) is 99.3 Å². The Labute approximate surface area is 202 Å². The van der Waals surface area contributed by atoms with E-state index in [0.29, 0.717) is 0 Å². The van der Waals surface area contributed by atoms with Gasteiger partial charge in [0.15, 0.2) is 0 Å². The molecule has 1 saturated heterocycles. The van der Waals surface area contributed by atoms with Crippen molar-refractivity contribution in [2.45, 2.75) is 37.4 Å². The third-order valence-electron chi connectivity index (χ3n) is 5.13. The minimum Gasteiger partial charge on any atom is -0.444 e. The Bertz CT molecular complexity index is 1050. The summed E-state index contributed by atoms with van der Waals surface area (Å²) in [6.45, 7) is 6.12. The van der Waals surface area contributed by atoms with E-state index in [1.54, 1.807) is 20.8 Å². The number of carbonyl (C=O) groups excluding carboxylic acids is 1. The average molecular weight is 522 g/mol. The molecule has 12 heteroatoms. The molecule has 1 aliphatic heterocycles. The third kappa shape index (κ3) is 5.89. The first-order chi connectivity index (χ1) is 15.6. The first kappa shape index (κ1) is 26.4. The first-order valence-electron chi connectivity index (χ1n) is 10.4. The van der Waals surface area contributed by atoms with Gasteiger partial charge in [-0.1, -0.05) is 23.7 Å². The quantitative estimate of drug-likeness (QED) is 0.417. The molecule has 1 amide bonds. The van der Waals surface area contributed by atoms with Gasteiger partial charge in [-0.05, 0) is 50.6 Å². The van der Waals surface area contributed by atoms with Gasteiger partial charge in [-0.2, -0.15) is 17.5 Å². The number of alkyl halides is 3. The Hall–Kier alpha value is -2.18. The lowest BCUT2D eigenvalue weighted by atomic mass is 9.98. The summed E-state index contributed by atoms with van der Waals surface area (Å²) in [7, 11) is -3.42. The SMILES string of the molecule is CC(C)(C)OC(=O)N1CCN(S(O)(O)c2ccc(-c3c(Cl)cc(N)cc3C(F)(F)F)cc2)CC1. The summed E-state index contributed by atoms with van der Waals surface area (Å²) in [5, 5.41) is -0.162. The summed E-state index contributed by atoms with van der Waals surface area (Å²) in [5.41, 5.74) is 3.73. The normalized spacial score (nSPS) is 16.4. The summed E-state index contributed by atoms with van der Waals surface area (Å²) < 4.78 is 69.2. The number of nitrogen functional groups attached to an aromatic ring is 1. The zero-order valence-electron chi connectivity index (χ0n) is 18.9. The van der Waals surface area contributed by atoms with Crippen LogP contribution >= 0.6 is 22.4 Å². The second-order valence-corrected chi connectivity index (χ2v) is 11.3. The standard InChI is InChI=1S/C22H27ClF3N3O4S/c1-21(2,3)33-20(30)28-8-10-29(11-9-28)34(31,32)16-6-4-14(5-7-16)19-17(22(24,25)26)12-15(27)13-18(19)23/h4-7,12-13,31-32H,8-11,27H2,1-3H3. The van der Waals surface area contributed by atoms with E-state index in [1.807, 2.05) is 0 Å². The van der Waals surface area contributed by atoms with Gasteiger partial charge in [0.2, 0.25) is 0 Å². The van der Waals surface area contributed by atoms with Crippen molar-refractivity contribution in [2.24, 2.45) is 0 Å². The minimum atomic E-state index is -4.68. The van der Waals surface area contributed by atoms with E-state index in [1.165, 1.54) is 39.5 Å². The Kier molecular flexibility index (Phi) is 7.35. The van der Waals surface area contributed by atoms with Crippen LogP contribution < -0.4 is 5.73 Å². The number of nitrogens with zero attached hydrogens (tertiary/aromatic N) is 2. The minimum absolute atomic E-state index is 0.114. The Balaban J connectivity index is 1.79. The molecule has 0 unspecified atom stereocenters. The van der Waals surface area contributed by atoms with Gasteiger partial charge in [0.1, 0.15) is 5.60 Å². The fraction of sp³-hybridized carbons (Fsp3) is 0.409. The highest BCUT2D eigenvalue weighted by Gasteiger charge is 2.36. The highest BCUT2D eigenvalue weighted by atomic mass is 35.5. The zero-order chi connectivity index (χ0) is 25.5. The fourth-order valence-corrected chi connectivity index (χ4v) is 5.36. The van der Waals surface area contributed by atoms with Crippen LogP contribution in [0.25, 0.3) is 11.1 Å². The molecule has 3 rings (SSSR count). The van der Waals surface area contributed by atoms with E-state index in [-0.39, 0.29) is 52.9 Å². The number of halogens is 4. The van der Waals surface area contributed by atoms with E-state index >= 15 is 0 Å². The monoisotopic (exact) mass is 521 g/mol. The van der Waals surface area contributed by atoms with Crippen molar-refractivity contribution in [3.8, 4) is 11.1 Å². The van der Waals surface area contributed by atoms with Crippen LogP contribution in [0.2, 0.25) is 5.02 Å². The largest absolute Gasteiger partial charge is 0.444 e. The van der Waals surface area contributed by atoms with Gasteiger partial charge in [-0.15, -0.1) is 10.8 Å². The molecule has 188 valence electrons. The van der Waals surface area contributed by atoms with Crippen LogP contribution in [-0.2, 0) is 10.9 Å². The summed E-state index contributed by atoms with van der Waals surface area (Å²) in [4.78, 5) is 13.9. The van der Waals surface area contributed by atoms with E-state index in [4.69, 9.17) is 22.1 Å². The van der Waals surface area contributed by atoms with Crippen molar-refractivity contribution in [3.05, 3.63) is 47.0 Å². The van der Waals surface area contributed by atoms with Gasteiger partial charge in [-0.3, -0.25) is 9.11 Å². The number of hydrogen-bond acceptors (Lipinski definition) is 6. The van der Waals surface area contributed by atoms with Crippen molar-refractivity contribution in [3.63, 3.8) is 0 Å². The maximum atomic E-state index is 13.6. The van der Waals surface area contributed by atoms with Crippen LogP contribution in [0.5, 0.6) is 0 Å².